The van der Waals surface area contributed by atoms with E-state index in [4.69, 9.17) is 16.7 Å². The topological polar surface area (TPSA) is 72.9 Å². The average molecular weight is 418 g/mol. The van der Waals surface area contributed by atoms with Gasteiger partial charge in [0.2, 0.25) is 5.91 Å². The molecule has 152 valence electrons. The number of hydrogen-bond donors (Lipinski definition) is 2. The molecule has 1 aromatic rings. The van der Waals surface area contributed by atoms with Crippen LogP contribution >= 0.6 is 24.0 Å². The Morgan fingerprint density at radius 1 is 1.30 bits per heavy atom. The number of piperidine rings is 1. The van der Waals surface area contributed by atoms with Gasteiger partial charge in [0.1, 0.15) is 0 Å². The van der Waals surface area contributed by atoms with Crippen molar-refractivity contribution in [3.05, 3.63) is 34.9 Å². The molecule has 1 unspecified atom stereocenters. The second-order valence-electron chi connectivity index (χ2n) is 6.74. The normalized spacial score (nSPS) is 16.6. The first-order valence-corrected chi connectivity index (χ1v) is 9.50. The molecular weight excluding hydrogens is 389 g/mol. The minimum absolute atomic E-state index is 0. The van der Waals surface area contributed by atoms with Gasteiger partial charge in [-0.25, -0.2) is 0 Å². The molecule has 1 heterocycles. The third-order valence-electron chi connectivity index (χ3n) is 5.07. The highest BCUT2D eigenvalue weighted by atomic mass is 35.5. The van der Waals surface area contributed by atoms with E-state index in [0.29, 0.717) is 11.6 Å². The molecule has 27 heavy (non-hydrogen) atoms. The van der Waals surface area contributed by atoms with Crippen molar-refractivity contribution in [1.29, 1.82) is 0 Å². The zero-order valence-corrected chi connectivity index (χ0v) is 17.4. The van der Waals surface area contributed by atoms with Crippen LogP contribution in [-0.4, -0.2) is 65.0 Å². The van der Waals surface area contributed by atoms with Gasteiger partial charge in [-0.1, -0.05) is 30.7 Å². The Balaban J connectivity index is 0.00000364. The van der Waals surface area contributed by atoms with E-state index in [2.05, 4.69) is 10.2 Å². The summed E-state index contributed by atoms with van der Waals surface area (Å²) >= 11 is 5.87. The van der Waals surface area contributed by atoms with Gasteiger partial charge in [-0.2, -0.15) is 0 Å². The van der Waals surface area contributed by atoms with Gasteiger partial charge in [-0.05, 0) is 44.0 Å². The molecule has 1 fully saturated rings. The van der Waals surface area contributed by atoms with Crippen LogP contribution in [0, 0.1) is 0 Å². The van der Waals surface area contributed by atoms with Gasteiger partial charge in [0, 0.05) is 30.7 Å². The third kappa shape index (κ3) is 7.30. The molecule has 6 nitrogen and oxygen atoms in total. The number of carboxylic acids is 1. The van der Waals surface area contributed by atoms with Crippen LogP contribution in [0.25, 0.3) is 0 Å². The van der Waals surface area contributed by atoms with Crippen molar-refractivity contribution in [2.24, 2.45) is 0 Å². The van der Waals surface area contributed by atoms with E-state index in [1.54, 1.807) is 0 Å². The molecule has 0 bridgehead atoms. The molecule has 2 N–H and O–H groups in total. The standard InChI is InChI=1S/C19H28ClN3O3.ClH/c1-3-22(13-18(24)25)17-8-10-23(11-9-17)14(2)19(26)21-12-15-4-6-16(20)7-5-15;/h4-7,14,17H,3,8-13H2,1-2H3,(H,21,26)(H,24,25);1H. The van der Waals surface area contributed by atoms with Crippen molar-refractivity contribution in [3.8, 4) is 0 Å². The van der Waals surface area contributed by atoms with Crippen LogP contribution in [0.5, 0.6) is 0 Å². The van der Waals surface area contributed by atoms with Gasteiger partial charge in [0.25, 0.3) is 0 Å². The van der Waals surface area contributed by atoms with E-state index in [1.807, 2.05) is 43.0 Å². The highest BCUT2D eigenvalue weighted by Gasteiger charge is 2.29. The van der Waals surface area contributed by atoms with Crippen molar-refractivity contribution >= 4 is 35.9 Å². The van der Waals surface area contributed by atoms with Gasteiger partial charge in [-0.15, -0.1) is 12.4 Å². The number of carboxylic acid groups (broad SMARTS) is 1. The number of amides is 1. The monoisotopic (exact) mass is 417 g/mol. The summed E-state index contributed by atoms with van der Waals surface area (Å²) in [6.45, 7) is 6.81. The minimum Gasteiger partial charge on any atom is -0.480 e. The Labute approximate surface area is 172 Å². The lowest BCUT2D eigenvalue weighted by molar-refractivity contribution is -0.139. The fraction of sp³-hybridized carbons (Fsp3) is 0.579. The predicted molar refractivity (Wildman–Crippen MR) is 109 cm³/mol. The second kappa shape index (κ2) is 11.5. The molecule has 1 aliphatic heterocycles. The lowest BCUT2D eigenvalue weighted by Gasteiger charge is -2.39. The average Bonchev–Trinajstić information content (AvgIpc) is 2.64. The maximum atomic E-state index is 12.4. The van der Waals surface area contributed by atoms with Crippen LogP contribution in [0.15, 0.2) is 24.3 Å². The maximum absolute atomic E-state index is 12.4. The number of rotatable bonds is 8. The number of carbonyl (C=O) groups excluding carboxylic acids is 1. The Hall–Kier alpha value is -1.34. The molecule has 2 rings (SSSR count). The van der Waals surface area contributed by atoms with E-state index < -0.39 is 5.97 Å². The lowest BCUT2D eigenvalue weighted by Crippen LogP contribution is -2.52. The zero-order chi connectivity index (χ0) is 19.1. The van der Waals surface area contributed by atoms with Crippen molar-refractivity contribution in [2.75, 3.05) is 26.2 Å². The number of nitrogens with zero attached hydrogens (tertiary/aromatic N) is 2. The largest absolute Gasteiger partial charge is 0.480 e. The van der Waals surface area contributed by atoms with E-state index in [1.165, 1.54) is 0 Å². The fourth-order valence-electron chi connectivity index (χ4n) is 3.42. The number of likely N-dealkylation sites (tertiary alicyclic amines) is 1. The summed E-state index contributed by atoms with van der Waals surface area (Å²) in [5.74, 6) is -0.777. The highest BCUT2D eigenvalue weighted by Crippen LogP contribution is 2.18. The zero-order valence-electron chi connectivity index (χ0n) is 15.9. The SMILES string of the molecule is CCN(CC(=O)O)C1CCN(C(C)C(=O)NCc2ccc(Cl)cc2)CC1.Cl. The molecule has 1 aromatic carbocycles. The van der Waals surface area contributed by atoms with E-state index in [0.717, 1.165) is 38.0 Å². The summed E-state index contributed by atoms with van der Waals surface area (Å²) in [6, 6.07) is 7.51. The van der Waals surface area contributed by atoms with E-state index in [-0.39, 0.29) is 36.9 Å². The van der Waals surface area contributed by atoms with Crippen LogP contribution in [0.2, 0.25) is 5.02 Å². The van der Waals surface area contributed by atoms with Crippen LogP contribution < -0.4 is 5.32 Å². The van der Waals surface area contributed by atoms with Gasteiger partial charge in [-0.3, -0.25) is 19.4 Å². The molecule has 0 aliphatic carbocycles. The Bertz CT molecular complexity index is 605. The first kappa shape index (κ1) is 23.7. The second-order valence-corrected chi connectivity index (χ2v) is 7.18. The summed E-state index contributed by atoms with van der Waals surface area (Å²) in [4.78, 5) is 27.6. The van der Waals surface area contributed by atoms with Crippen LogP contribution in [0.4, 0.5) is 0 Å². The Morgan fingerprint density at radius 2 is 1.89 bits per heavy atom. The number of benzene rings is 1. The van der Waals surface area contributed by atoms with Crippen molar-refractivity contribution in [1.82, 2.24) is 15.1 Å². The third-order valence-corrected chi connectivity index (χ3v) is 5.32. The first-order valence-electron chi connectivity index (χ1n) is 9.12. The molecular formula is C19H29Cl2N3O3. The van der Waals surface area contributed by atoms with Gasteiger partial charge >= 0.3 is 5.97 Å². The Kier molecular flexibility index (Phi) is 10.1. The van der Waals surface area contributed by atoms with Crippen molar-refractivity contribution in [2.45, 2.75) is 45.3 Å². The quantitative estimate of drug-likeness (QED) is 0.679. The number of halogens is 2. The number of aliphatic carboxylic acids is 1. The smallest absolute Gasteiger partial charge is 0.317 e. The molecule has 0 aromatic heterocycles. The predicted octanol–water partition coefficient (Wildman–Crippen LogP) is 2.64. The van der Waals surface area contributed by atoms with E-state index in [9.17, 15) is 9.59 Å². The molecule has 0 radical (unpaired) electrons. The summed E-state index contributed by atoms with van der Waals surface area (Å²) in [6.07, 6.45) is 1.77. The number of carbonyl (C=O) groups is 2. The molecule has 1 saturated heterocycles. The van der Waals surface area contributed by atoms with E-state index >= 15 is 0 Å². The number of nitrogens with one attached hydrogen (secondary N) is 1. The molecule has 1 aliphatic rings. The summed E-state index contributed by atoms with van der Waals surface area (Å²) in [5, 5.41) is 12.7. The first-order chi connectivity index (χ1) is 12.4. The molecule has 0 saturated carbocycles. The van der Waals surface area contributed by atoms with Crippen LogP contribution in [0.3, 0.4) is 0 Å². The van der Waals surface area contributed by atoms with Gasteiger partial charge in [0.15, 0.2) is 0 Å². The number of hydrogen-bond acceptors (Lipinski definition) is 4. The lowest BCUT2D eigenvalue weighted by atomic mass is 10.0. The minimum atomic E-state index is -0.788. The van der Waals surface area contributed by atoms with Crippen LogP contribution in [0.1, 0.15) is 32.3 Å². The highest BCUT2D eigenvalue weighted by molar-refractivity contribution is 6.30. The Morgan fingerprint density at radius 3 is 2.41 bits per heavy atom. The molecule has 1 amide bonds. The summed E-state index contributed by atoms with van der Waals surface area (Å²) in [5.41, 5.74) is 1.01. The summed E-state index contributed by atoms with van der Waals surface area (Å²) in [7, 11) is 0. The number of likely N-dealkylation sites (N-methyl/N-ethyl adjacent to an activating group) is 1. The fourth-order valence-corrected chi connectivity index (χ4v) is 3.54. The van der Waals surface area contributed by atoms with Crippen molar-refractivity contribution < 1.29 is 14.7 Å². The molecule has 8 heteroatoms. The summed E-state index contributed by atoms with van der Waals surface area (Å²) < 4.78 is 0. The van der Waals surface area contributed by atoms with Crippen molar-refractivity contribution in [3.63, 3.8) is 0 Å². The molecule has 0 spiro atoms. The van der Waals surface area contributed by atoms with Gasteiger partial charge < -0.3 is 10.4 Å². The van der Waals surface area contributed by atoms with Crippen LogP contribution in [-0.2, 0) is 16.1 Å². The molecule has 1 atom stereocenters. The van der Waals surface area contributed by atoms with Gasteiger partial charge in [0.05, 0.1) is 12.6 Å². The maximum Gasteiger partial charge on any atom is 0.317 e.